The van der Waals surface area contributed by atoms with Gasteiger partial charge in [-0.05, 0) is 70.0 Å². The van der Waals surface area contributed by atoms with E-state index < -0.39 is 47.4 Å². The molecule has 0 aliphatic heterocycles. The maximum atomic E-state index is 14.5. The molecule has 0 aromatic heterocycles. The highest BCUT2D eigenvalue weighted by atomic mass is 19.1. The van der Waals surface area contributed by atoms with Crippen LogP contribution in [-0.2, 0) is 14.3 Å². The summed E-state index contributed by atoms with van der Waals surface area (Å²) >= 11 is 0. The average molecular weight is 480 g/mol. The van der Waals surface area contributed by atoms with E-state index in [1.165, 1.54) is 45.4 Å². The minimum absolute atomic E-state index is 0.0447. The molecule has 2 rings (SSSR count). The number of carbonyl (C=O) groups excluding carboxylic acids is 2. The summed E-state index contributed by atoms with van der Waals surface area (Å²) in [7, 11) is 2.69. The lowest BCUT2D eigenvalue weighted by Gasteiger charge is -2.27. The Bertz CT molecular complexity index is 967. The number of hydrogen-bond donors (Lipinski definition) is 1. The molecule has 2 aromatic carbocycles. The molecular formula is C25H31F2NO6. The van der Waals surface area contributed by atoms with Crippen LogP contribution in [0.5, 0.6) is 11.5 Å². The van der Waals surface area contributed by atoms with E-state index in [-0.39, 0.29) is 11.5 Å². The van der Waals surface area contributed by atoms with Gasteiger partial charge in [0.15, 0.2) is 23.1 Å². The van der Waals surface area contributed by atoms with E-state index in [0.717, 1.165) is 0 Å². The molecule has 0 bridgehead atoms. The molecule has 7 nitrogen and oxygen atoms in total. The van der Waals surface area contributed by atoms with Gasteiger partial charge >= 0.3 is 12.1 Å². The molecule has 1 N–H and O–H groups in total. The first-order valence-electron chi connectivity index (χ1n) is 10.7. The number of nitrogens with one attached hydrogen (secondary N) is 1. The topological polar surface area (TPSA) is 83.1 Å². The van der Waals surface area contributed by atoms with Gasteiger partial charge in [-0.1, -0.05) is 12.1 Å². The maximum absolute atomic E-state index is 14.5. The Labute approximate surface area is 198 Å². The van der Waals surface area contributed by atoms with Crippen LogP contribution < -0.4 is 14.8 Å². The molecule has 9 heteroatoms. The SMILES string of the molecule is COc1ccc(C(c2ccc(OC)c(F)c2)[C@H](C)OC(=O)[C@H](C)NC(=O)OC(C)(C)C)cc1F. The van der Waals surface area contributed by atoms with Crippen LogP contribution in [0, 0.1) is 11.6 Å². The molecule has 34 heavy (non-hydrogen) atoms. The summed E-state index contributed by atoms with van der Waals surface area (Å²) in [5.74, 6) is -2.59. The van der Waals surface area contributed by atoms with Gasteiger partial charge in [-0.15, -0.1) is 0 Å². The van der Waals surface area contributed by atoms with Gasteiger partial charge in [-0.25, -0.2) is 18.4 Å². The van der Waals surface area contributed by atoms with E-state index in [1.54, 1.807) is 39.8 Å². The molecule has 0 spiro atoms. The van der Waals surface area contributed by atoms with Gasteiger partial charge in [0.05, 0.1) is 14.2 Å². The van der Waals surface area contributed by atoms with Gasteiger partial charge < -0.3 is 24.3 Å². The standard InChI is InChI=1S/C25H31F2NO6/c1-14(28-24(30)34-25(3,4)5)23(29)33-15(2)22(16-8-10-20(31-6)18(26)12-16)17-9-11-21(32-7)19(27)13-17/h8-15,22H,1-7H3,(H,28,30)/t14-,15-/m0/s1. The predicted molar refractivity (Wildman–Crippen MR) is 122 cm³/mol. The van der Waals surface area contributed by atoms with Gasteiger partial charge in [0.25, 0.3) is 0 Å². The molecule has 1 amide bonds. The second-order valence-corrected chi connectivity index (χ2v) is 8.78. The van der Waals surface area contributed by atoms with Crippen molar-refractivity contribution >= 4 is 12.1 Å². The lowest BCUT2D eigenvalue weighted by atomic mass is 9.86. The van der Waals surface area contributed by atoms with Crippen molar-refractivity contribution in [1.29, 1.82) is 0 Å². The number of hydrogen-bond acceptors (Lipinski definition) is 6. The van der Waals surface area contributed by atoms with Crippen LogP contribution in [0.1, 0.15) is 51.7 Å². The molecule has 0 radical (unpaired) electrons. The third kappa shape index (κ3) is 7.07. The van der Waals surface area contributed by atoms with Crippen LogP contribution in [0.3, 0.4) is 0 Å². The molecule has 0 saturated heterocycles. The third-order valence-corrected chi connectivity index (χ3v) is 4.93. The highest BCUT2D eigenvalue weighted by molar-refractivity contribution is 5.81. The van der Waals surface area contributed by atoms with Crippen LogP contribution in [0.15, 0.2) is 36.4 Å². The van der Waals surface area contributed by atoms with E-state index in [2.05, 4.69) is 5.32 Å². The fraction of sp³-hybridized carbons (Fsp3) is 0.440. The largest absolute Gasteiger partial charge is 0.494 e. The minimum Gasteiger partial charge on any atom is -0.494 e. The summed E-state index contributed by atoms with van der Waals surface area (Å²) in [4.78, 5) is 24.7. The van der Waals surface area contributed by atoms with Crippen LogP contribution in [0.2, 0.25) is 0 Å². The maximum Gasteiger partial charge on any atom is 0.408 e. The van der Waals surface area contributed by atoms with Crippen molar-refractivity contribution in [3.05, 3.63) is 59.2 Å². The summed E-state index contributed by atoms with van der Waals surface area (Å²) in [6.07, 6.45) is -1.62. The second kappa shape index (κ2) is 11.2. The Balaban J connectivity index is 2.31. The normalized spacial score (nSPS) is 13.1. The zero-order chi connectivity index (χ0) is 25.6. The van der Waals surface area contributed by atoms with Gasteiger partial charge in [-0.2, -0.15) is 0 Å². The quantitative estimate of drug-likeness (QED) is 0.539. The number of ether oxygens (including phenoxy) is 4. The lowest BCUT2D eigenvalue weighted by Crippen LogP contribution is -2.43. The summed E-state index contributed by atoms with van der Waals surface area (Å²) in [5, 5.41) is 2.42. The van der Waals surface area contributed by atoms with Crippen LogP contribution in [-0.4, -0.2) is 44.0 Å². The Morgan fingerprint density at radius 1 is 0.882 bits per heavy atom. The summed E-state index contributed by atoms with van der Waals surface area (Å²) in [6.45, 7) is 8.15. The van der Waals surface area contributed by atoms with Crippen molar-refractivity contribution in [1.82, 2.24) is 5.32 Å². The Morgan fingerprint density at radius 3 is 1.74 bits per heavy atom. The minimum atomic E-state index is -1.02. The van der Waals surface area contributed by atoms with Crippen molar-refractivity contribution in [2.75, 3.05) is 14.2 Å². The van der Waals surface area contributed by atoms with Gasteiger partial charge in [0, 0.05) is 5.92 Å². The smallest absolute Gasteiger partial charge is 0.408 e. The molecule has 186 valence electrons. The number of alkyl carbamates (subject to hydrolysis) is 1. The van der Waals surface area contributed by atoms with Gasteiger partial charge in [0.2, 0.25) is 0 Å². The van der Waals surface area contributed by atoms with Crippen molar-refractivity contribution in [2.45, 2.75) is 58.3 Å². The van der Waals surface area contributed by atoms with Crippen LogP contribution in [0.25, 0.3) is 0 Å². The summed E-state index contributed by atoms with van der Waals surface area (Å²) in [5.41, 5.74) is 0.148. The highest BCUT2D eigenvalue weighted by Crippen LogP contribution is 2.34. The van der Waals surface area contributed by atoms with E-state index >= 15 is 0 Å². The van der Waals surface area contributed by atoms with Gasteiger partial charge in [-0.3, -0.25) is 0 Å². The summed E-state index contributed by atoms with van der Waals surface area (Å²) < 4.78 is 49.6. The number of rotatable bonds is 8. The van der Waals surface area contributed by atoms with E-state index in [4.69, 9.17) is 18.9 Å². The average Bonchev–Trinajstić information content (AvgIpc) is 2.72. The number of methoxy groups -OCH3 is 2. The number of carbonyl (C=O) groups is 2. The van der Waals surface area contributed by atoms with Crippen molar-refractivity contribution < 1.29 is 37.3 Å². The molecule has 2 atom stereocenters. The number of benzene rings is 2. The first-order valence-corrected chi connectivity index (χ1v) is 10.7. The Hall–Kier alpha value is -3.36. The van der Waals surface area contributed by atoms with Crippen LogP contribution >= 0.6 is 0 Å². The first kappa shape index (κ1) is 26.9. The van der Waals surface area contributed by atoms with Gasteiger partial charge in [0.1, 0.15) is 17.7 Å². The zero-order valence-corrected chi connectivity index (χ0v) is 20.4. The summed E-state index contributed by atoms with van der Waals surface area (Å²) in [6, 6.07) is 7.59. The number of halogens is 2. The van der Waals surface area contributed by atoms with E-state index in [0.29, 0.717) is 11.1 Å². The molecule has 0 aliphatic rings. The second-order valence-electron chi connectivity index (χ2n) is 8.78. The van der Waals surface area contributed by atoms with E-state index in [1.807, 2.05) is 0 Å². The third-order valence-electron chi connectivity index (χ3n) is 4.93. The molecule has 0 saturated carbocycles. The number of amides is 1. The Morgan fingerprint density at radius 2 is 1.35 bits per heavy atom. The van der Waals surface area contributed by atoms with Crippen LogP contribution in [0.4, 0.5) is 13.6 Å². The van der Waals surface area contributed by atoms with Crippen molar-refractivity contribution in [3.8, 4) is 11.5 Å². The fourth-order valence-corrected chi connectivity index (χ4v) is 3.38. The van der Waals surface area contributed by atoms with Crippen molar-refractivity contribution in [3.63, 3.8) is 0 Å². The molecular weight excluding hydrogens is 448 g/mol. The van der Waals surface area contributed by atoms with Crippen molar-refractivity contribution in [2.24, 2.45) is 0 Å². The zero-order valence-electron chi connectivity index (χ0n) is 20.4. The highest BCUT2D eigenvalue weighted by Gasteiger charge is 2.29. The molecule has 0 fully saturated rings. The predicted octanol–water partition coefficient (Wildman–Crippen LogP) is 4.96. The molecule has 0 heterocycles. The monoisotopic (exact) mass is 479 g/mol. The fourth-order valence-electron chi connectivity index (χ4n) is 3.38. The molecule has 0 aliphatic carbocycles. The number of esters is 1. The lowest BCUT2D eigenvalue weighted by molar-refractivity contribution is -0.150. The van der Waals surface area contributed by atoms with E-state index in [9.17, 15) is 18.4 Å². The molecule has 0 unspecified atom stereocenters. The molecule has 2 aromatic rings. The Kier molecular flexibility index (Phi) is 8.84. The first-order chi connectivity index (χ1) is 15.9.